The summed E-state index contributed by atoms with van der Waals surface area (Å²) in [6.07, 6.45) is -9.29. The number of anilines is 1. The molecule has 0 bridgehead atoms. The Hall–Kier alpha value is 3.75. The molecular formula is C17H25Cl2F3N5Na4O12P3S2+4. The molecule has 252 valence electrons. The monoisotopic (exact) mass is 867 g/mol. The molecule has 31 heteroatoms. The molecule has 0 radical (unpaired) electrons. The predicted octanol–water partition coefficient (Wildman–Crippen LogP) is -9.13. The van der Waals surface area contributed by atoms with Crippen LogP contribution in [0.2, 0.25) is 0 Å². The van der Waals surface area contributed by atoms with Gasteiger partial charge in [-0.05, 0) is 6.26 Å². The average molecular weight is 868 g/mol. The molecule has 5 unspecified atom stereocenters. The van der Waals surface area contributed by atoms with E-state index >= 15 is 0 Å². The summed E-state index contributed by atoms with van der Waals surface area (Å²) in [6, 6.07) is 0. The molecule has 1 fully saturated rings. The van der Waals surface area contributed by atoms with E-state index in [-0.39, 0.29) is 140 Å². The Kier molecular flexibility index (Phi) is 24.6. The van der Waals surface area contributed by atoms with Crippen LogP contribution < -0.4 is 124 Å². The summed E-state index contributed by atoms with van der Waals surface area (Å²) < 4.78 is 85.1. The van der Waals surface area contributed by atoms with Crippen molar-refractivity contribution in [3.8, 4) is 0 Å². The van der Waals surface area contributed by atoms with E-state index in [1.54, 1.807) is 0 Å². The second-order valence-electron chi connectivity index (χ2n) is 8.78. The van der Waals surface area contributed by atoms with Gasteiger partial charge in [-0.2, -0.15) is 24.9 Å². The number of nitrogens with zero attached hydrogens (tertiary/aromatic N) is 4. The third-order valence-corrected chi connectivity index (χ3v) is 14.7. The van der Waals surface area contributed by atoms with Gasteiger partial charge in [0.05, 0.1) is 19.4 Å². The topological polar surface area (TPSA) is 256 Å². The molecule has 2 aromatic heterocycles. The van der Waals surface area contributed by atoms with Crippen LogP contribution in [0.25, 0.3) is 11.2 Å². The van der Waals surface area contributed by atoms with Crippen LogP contribution in [0.4, 0.5) is 19.0 Å². The van der Waals surface area contributed by atoms with Gasteiger partial charge >= 0.3 is 151 Å². The van der Waals surface area contributed by atoms with Crippen LogP contribution in [-0.2, 0) is 27.3 Å². The number of ether oxygens (including phenoxy) is 1. The fraction of sp³-hybridized carbons (Fsp3) is 0.706. The van der Waals surface area contributed by atoms with E-state index in [1.165, 1.54) is 11.8 Å². The van der Waals surface area contributed by atoms with E-state index < -0.39 is 76.3 Å². The van der Waals surface area contributed by atoms with Crippen LogP contribution in [0.1, 0.15) is 12.6 Å². The number of aliphatic hydroxyl groups excluding tert-OH is 2. The summed E-state index contributed by atoms with van der Waals surface area (Å²) in [6.45, 7) is -0.697. The number of hydrogen-bond acceptors (Lipinski definition) is 14. The summed E-state index contributed by atoms with van der Waals surface area (Å²) in [7, 11) is -17.4. The normalized spacial score (nSPS) is 22.3. The standard InChI is InChI=1S/C17H25Cl2F3N5O12P3S2.4Na/c1-43-5-3-23-12-9-13(26-15(25-12)44-4-2-16(20,21)22)27(7-24-9)14-11(29)10(28)8(38-14)6-37-42(35,36)39-41(33,34)17(18,19)40(30,31)32;;;;/h7-8,10-11,14,28-29H,2-6H2,1H3,(H,33,34)(H,35,36)(H,23,25,26)(H2,30,31,32);;;;/q;4*+1/t8-,10?,11?,14?;;;;/m1..../s1. The first-order chi connectivity index (χ1) is 20.1. The van der Waals surface area contributed by atoms with Crippen LogP contribution in [0, 0.1) is 0 Å². The Morgan fingerprint density at radius 3 is 2.19 bits per heavy atom. The van der Waals surface area contributed by atoms with Gasteiger partial charge in [-0.15, -0.1) is 0 Å². The first kappa shape index (κ1) is 53.9. The number of imidazole rings is 1. The summed E-state index contributed by atoms with van der Waals surface area (Å²) in [5.41, 5.74) is 0.119. The maximum atomic E-state index is 12.7. The minimum absolute atomic E-state index is 0. The number of aromatic nitrogens is 4. The molecule has 17 nitrogen and oxygen atoms in total. The number of nitrogens with one attached hydrogen (secondary N) is 1. The van der Waals surface area contributed by atoms with Gasteiger partial charge in [0.15, 0.2) is 28.4 Å². The molecule has 0 amide bonds. The Morgan fingerprint density at radius 1 is 1.04 bits per heavy atom. The summed E-state index contributed by atoms with van der Waals surface area (Å²) in [5.74, 6) is 0.407. The third-order valence-electron chi connectivity index (χ3n) is 5.53. The fourth-order valence-electron chi connectivity index (χ4n) is 3.44. The number of fused-ring (bicyclic) bond motifs is 1. The molecule has 0 aromatic carbocycles. The number of phosphoric ester groups is 1. The molecule has 0 aliphatic carbocycles. The zero-order valence-electron chi connectivity index (χ0n) is 25.9. The van der Waals surface area contributed by atoms with E-state index in [2.05, 4.69) is 29.1 Å². The SMILES string of the molecule is CSCCNc1nc(SCCC(F)(F)F)nc2c1ncn2C1O[C@H](COP(=O)(O)OP(=O)(O)C(Cl)(Cl)P(=O)(O)O)C(O)C1O.[Na+].[Na+].[Na+].[Na+]. The second-order valence-corrected chi connectivity index (χ2v) is 18.9. The van der Waals surface area contributed by atoms with Gasteiger partial charge in [-0.25, -0.2) is 23.8 Å². The smallest absolute Gasteiger partial charge is 0.387 e. The van der Waals surface area contributed by atoms with Crippen molar-refractivity contribution in [3.05, 3.63) is 6.33 Å². The Balaban J connectivity index is 0. The van der Waals surface area contributed by atoms with E-state index in [0.717, 1.165) is 10.9 Å². The number of phosphoric acid groups is 1. The van der Waals surface area contributed by atoms with Gasteiger partial charge < -0.3 is 39.8 Å². The zero-order chi connectivity index (χ0) is 33.3. The summed E-state index contributed by atoms with van der Waals surface area (Å²) >= 11 is 12.6. The Bertz CT molecular complexity index is 1490. The molecular weight excluding hydrogens is 843 g/mol. The second kappa shape index (κ2) is 21.9. The van der Waals surface area contributed by atoms with Crippen molar-refractivity contribution in [1.29, 1.82) is 0 Å². The van der Waals surface area contributed by atoms with Crippen molar-refractivity contribution in [2.45, 2.75) is 46.1 Å². The molecule has 1 saturated heterocycles. The van der Waals surface area contributed by atoms with E-state index in [1.807, 2.05) is 6.26 Å². The summed E-state index contributed by atoms with van der Waals surface area (Å²) in [5, 5.41) is 24.1. The van der Waals surface area contributed by atoms with Gasteiger partial charge in [0, 0.05) is 18.1 Å². The van der Waals surface area contributed by atoms with Crippen molar-refractivity contribution < 1.29 is 188 Å². The minimum Gasteiger partial charge on any atom is -0.387 e. The molecule has 3 rings (SSSR count). The summed E-state index contributed by atoms with van der Waals surface area (Å²) in [4.78, 5) is 50.4. The van der Waals surface area contributed by atoms with E-state index in [4.69, 9.17) is 37.7 Å². The molecule has 0 saturated carbocycles. The number of halogens is 5. The maximum absolute atomic E-state index is 12.7. The van der Waals surface area contributed by atoms with Gasteiger partial charge in [-0.3, -0.25) is 18.2 Å². The predicted molar refractivity (Wildman–Crippen MR) is 153 cm³/mol. The zero-order valence-corrected chi connectivity index (χ0v) is 39.7. The Labute approximate surface area is 378 Å². The van der Waals surface area contributed by atoms with Gasteiger partial charge in [0.25, 0.3) is 0 Å². The number of alkyl halides is 5. The van der Waals surface area contributed by atoms with Crippen molar-refractivity contribution in [2.75, 3.05) is 36.2 Å². The Morgan fingerprint density at radius 2 is 1.65 bits per heavy atom. The van der Waals surface area contributed by atoms with Crippen molar-refractivity contribution in [2.24, 2.45) is 0 Å². The van der Waals surface area contributed by atoms with Crippen LogP contribution in [0.15, 0.2) is 11.5 Å². The molecule has 0 spiro atoms. The van der Waals surface area contributed by atoms with Crippen molar-refractivity contribution >= 4 is 86.7 Å². The molecule has 7 N–H and O–H groups in total. The van der Waals surface area contributed by atoms with Crippen LogP contribution >= 0.6 is 69.7 Å². The first-order valence-corrected chi connectivity index (χ1v) is 19.6. The van der Waals surface area contributed by atoms with Crippen LogP contribution in [0.3, 0.4) is 0 Å². The molecule has 3 heterocycles. The van der Waals surface area contributed by atoms with Gasteiger partial charge in [0.2, 0.25) is 0 Å². The quantitative estimate of drug-likeness (QED) is 0.0219. The average Bonchev–Trinajstić information content (AvgIpc) is 3.41. The van der Waals surface area contributed by atoms with Gasteiger partial charge in [0.1, 0.15) is 18.3 Å². The first-order valence-electron chi connectivity index (χ1n) is 11.7. The molecule has 2 aromatic rings. The fourth-order valence-corrected chi connectivity index (χ4v) is 8.81. The molecule has 48 heavy (non-hydrogen) atoms. The number of aliphatic hydroxyl groups is 2. The largest absolute Gasteiger partial charge is 1.00 e. The molecule has 1 aliphatic heterocycles. The minimum atomic E-state index is -5.97. The van der Waals surface area contributed by atoms with Crippen molar-refractivity contribution in [3.63, 3.8) is 0 Å². The van der Waals surface area contributed by atoms with Gasteiger partial charge in [-0.1, -0.05) is 35.0 Å². The van der Waals surface area contributed by atoms with Crippen molar-refractivity contribution in [1.82, 2.24) is 19.5 Å². The van der Waals surface area contributed by atoms with Crippen LogP contribution in [-0.4, -0.2) is 109 Å². The third kappa shape index (κ3) is 14.4. The van der Waals surface area contributed by atoms with E-state index in [0.29, 0.717) is 24.1 Å². The molecule has 6 atom stereocenters. The number of rotatable bonds is 15. The molecule has 1 aliphatic rings. The number of hydrogen-bond donors (Lipinski definition) is 7. The number of thioether (sulfide) groups is 2. The van der Waals surface area contributed by atoms with Crippen LogP contribution in [0.5, 0.6) is 0 Å². The van der Waals surface area contributed by atoms with E-state index in [9.17, 15) is 46.9 Å². The maximum Gasteiger partial charge on any atom is 1.00 e.